The van der Waals surface area contributed by atoms with E-state index in [4.69, 9.17) is 0 Å². The van der Waals surface area contributed by atoms with Crippen LogP contribution in [0.15, 0.2) is 18.2 Å². The fraction of sp³-hybridized carbons (Fsp3) is 0.625. The normalized spacial score (nSPS) is 30.3. The zero-order valence-corrected chi connectivity index (χ0v) is 11.0. The molecule has 0 amide bonds. The van der Waals surface area contributed by atoms with Crippen molar-refractivity contribution in [3.05, 3.63) is 29.3 Å². The summed E-state index contributed by atoms with van der Waals surface area (Å²) in [6, 6.07) is 8.68. The molecule has 2 atom stereocenters. The van der Waals surface area contributed by atoms with Crippen LogP contribution in [0, 0.1) is 0 Å². The van der Waals surface area contributed by atoms with Crippen LogP contribution in [0.4, 0.5) is 5.69 Å². The molecular formula is C16H22N2. The Balaban J connectivity index is 1.60. The Morgan fingerprint density at radius 1 is 0.944 bits per heavy atom. The fourth-order valence-corrected chi connectivity index (χ4v) is 3.92. The molecule has 2 nitrogen and oxygen atoms in total. The van der Waals surface area contributed by atoms with Gasteiger partial charge in [0.25, 0.3) is 0 Å². The molecule has 0 spiro atoms. The van der Waals surface area contributed by atoms with E-state index in [1.807, 2.05) is 0 Å². The molecule has 2 aliphatic heterocycles. The van der Waals surface area contributed by atoms with Gasteiger partial charge >= 0.3 is 0 Å². The smallest absolute Gasteiger partial charge is 0.0370 e. The van der Waals surface area contributed by atoms with E-state index in [9.17, 15) is 0 Å². The van der Waals surface area contributed by atoms with E-state index in [0.717, 1.165) is 12.1 Å². The first-order valence-corrected chi connectivity index (χ1v) is 7.51. The van der Waals surface area contributed by atoms with E-state index >= 15 is 0 Å². The minimum absolute atomic E-state index is 0.736. The summed E-state index contributed by atoms with van der Waals surface area (Å²) in [6.45, 7) is 2.41. The minimum atomic E-state index is 0.736. The van der Waals surface area contributed by atoms with Crippen LogP contribution >= 0.6 is 0 Å². The van der Waals surface area contributed by atoms with E-state index in [1.165, 1.54) is 57.3 Å². The Morgan fingerprint density at radius 2 is 1.67 bits per heavy atom. The van der Waals surface area contributed by atoms with Gasteiger partial charge in [0.05, 0.1) is 0 Å². The van der Waals surface area contributed by atoms with Gasteiger partial charge in [0.2, 0.25) is 0 Å². The van der Waals surface area contributed by atoms with Crippen LogP contribution in [0.2, 0.25) is 0 Å². The number of anilines is 1. The summed E-state index contributed by atoms with van der Waals surface area (Å²) in [5.41, 5.74) is 4.68. The Morgan fingerprint density at radius 3 is 2.44 bits per heavy atom. The average molecular weight is 242 g/mol. The third kappa shape index (κ3) is 1.83. The van der Waals surface area contributed by atoms with Crippen LogP contribution in [0.3, 0.4) is 0 Å². The number of piperazine rings is 1. The Bertz CT molecular complexity index is 442. The number of benzene rings is 1. The molecule has 0 saturated carbocycles. The van der Waals surface area contributed by atoms with E-state index in [1.54, 1.807) is 11.1 Å². The van der Waals surface area contributed by atoms with E-state index in [-0.39, 0.29) is 0 Å². The van der Waals surface area contributed by atoms with Gasteiger partial charge in [0.1, 0.15) is 0 Å². The predicted molar refractivity (Wildman–Crippen MR) is 75.2 cm³/mol. The number of hydrogen-bond donors (Lipinski definition) is 1. The van der Waals surface area contributed by atoms with E-state index in [0.29, 0.717) is 0 Å². The molecule has 2 bridgehead atoms. The molecule has 2 fully saturated rings. The van der Waals surface area contributed by atoms with E-state index < -0.39 is 0 Å². The summed E-state index contributed by atoms with van der Waals surface area (Å²) >= 11 is 0. The minimum Gasteiger partial charge on any atom is -0.368 e. The van der Waals surface area contributed by atoms with Crippen LogP contribution < -0.4 is 10.2 Å². The molecule has 3 aliphatic rings. The maximum atomic E-state index is 3.71. The molecule has 0 unspecified atom stereocenters. The highest BCUT2D eigenvalue weighted by molar-refractivity contribution is 5.52. The molecule has 2 heteroatoms. The quantitative estimate of drug-likeness (QED) is 0.814. The van der Waals surface area contributed by atoms with Crippen molar-refractivity contribution in [3.63, 3.8) is 0 Å². The van der Waals surface area contributed by atoms with Crippen LogP contribution in [0.25, 0.3) is 0 Å². The number of hydrogen-bond acceptors (Lipinski definition) is 2. The number of nitrogens with zero attached hydrogens (tertiary/aromatic N) is 1. The molecule has 1 N–H and O–H groups in total. The van der Waals surface area contributed by atoms with Gasteiger partial charge < -0.3 is 10.2 Å². The fourth-order valence-electron chi connectivity index (χ4n) is 3.92. The van der Waals surface area contributed by atoms with Crippen molar-refractivity contribution in [3.8, 4) is 0 Å². The van der Waals surface area contributed by atoms with Crippen molar-refractivity contribution >= 4 is 5.69 Å². The first-order valence-electron chi connectivity index (χ1n) is 7.51. The van der Waals surface area contributed by atoms with Crippen LogP contribution in [0.1, 0.15) is 36.8 Å². The second kappa shape index (κ2) is 4.27. The molecule has 0 aromatic heterocycles. The maximum absolute atomic E-state index is 3.71. The lowest BCUT2D eigenvalue weighted by molar-refractivity contribution is 0.465. The number of fused-ring (bicyclic) bond motifs is 3. The molecule has 1 aliphatic carbocycles. The number of aryl methyl sites for hydroxylation is 2. The third-order valence-electron chi connectivity index (χ3n) is 4.91. The van der Waals surface area contributed by atoms with Crippen LogP contribution in [0.5, 0.6) is 0 Å². The van der Waals surface area contributed by atoms with Gasteiger partial charge in [-0.1, -0.05) is 6.07 Å². The second-order valence-electron chi connectivity index (χ2n) is 6.20. The van der Waals surface area contributed by atoms with Crippen molar-refractivity contribution in [2.75, 3.05) is 18.0 Å². The van der Waals surface area contributed by atoms with Crippen molar-refractivity contribution in [1.82, 2.24) is 5.32 Å². The average Bonchev–Trinajstić information content (AvgIpc) is 2.77. The van der Waals surface area contributed by atoms with Gasteiger partial charge in [0.15, 0.2) is 0 Å². The predicted octanol–water partition coefficient (Wildman–Crippen LogP) is 2.51. The van der Waals surface area contributed by atoms with Gasteiger partial charge in [-0.2, -0.15) is 0 Å². The van der Waals surface area contributed by atoms with Gasteiger partial charge in [-0.05, 0) is 61.8 Å². The zero-order valence-electron chi connectivity index (χ0n) is 11.0. The van der Waals surface area contributed by atoms with Gasteiger partial charge in [-0.3, -0.25) is 0 Å². The molecule has 0 radical (unpaired) electrons. The second-order valence-corrected chi connectivity index (χ2v) is 6.20. The lowest BCUT2D eigenvalue weighted by atomic mass is 9.91. The van der Waals surface area contributed by atoms with E-state index in [2.05, 4.69) is 28.4 Å². The van der Waals surface area contributed by atoms with Crippen LogP contribution in [-0.4, -0.2) is 25.2 Å². The molecule has 2 heterocycles. The monoisotopic (exact) mass is 242 g/mol. The van der Waals surface area contributed by atoms with Crippen molar-refractivity contribution in [2.45, 2.75) is 50.6 Å². The zero-order chi connectivity index (χ0) is 11.9. The van der Waals surface area contributed by atoms with Gasteiger partial charge in [-0.25, -0.2) is 0 Å². The summed E-state index contributed by atoms with van der Waals surface area (Å²) in [5.74, 6) is 0. The van der Waals surface area contributed by atoms with Gasteiger partial charge in [-0.15, -0.1) is 0 Å². The largest absolute Gasteiger partial charge is 0.368 e. The summed E-state index contributed by atoms with van der Waals surface area (Å²) in [7, 11) is 0. The lowest BCUT2D eigenvalue weighted by Gasteiger charge is -2.35. The summed E-state index contributed by atoms with van der Waals surface area (Å²) in [5, 5.41) is 3.71. The maximum Gasteiger partial charge on any atom is 0.0370 e. The first-order chi connectivity index (χ1) is 8.88. The van der Waals surface area contributed by atoms with Crippen LogP contribution in [-0.2, 0) is 12.8 Å². The molecule has 1 aromatic rings. The molecular weight excluding hydrogens is 220 g/mol. The first kappa shape index (κ1) is 10.9. The Kier molecular flexibility index (Phi) is 2.58. The standard InChI is InChI=1S/C16H22N2/c1-2-4-13-9-16(8-5-12(13)3-1)18-10-14-6-7-15(11-18)17-14/h5,8-9,14-15,17H,1-4,6-7,10-11H2/t14-,15+. The SMILES string of the molecule is c1cc2c(cc1N1C[C@H]3CC[C@@H](C1)N3)CCCC2. The number of rotatable bonds is 1. The molecule has 18 heavy (non-hydrogen) atoms. The summed E-state index contributed by atoms with van der Waals surface area (Å²) in [4.78, 5) is 2.60. The van der Waals surface area contributed by atoms with Crippen molar-refractivity contribution in [2.24, 2.45) is 0 Å². The highest BCUT2D eigenvalue weighted by atomic mass is 15.2. The van der Waals surface area contributed by atoms with Crippen molar-refractivity contribution in [1.29, 1.82) is 0 Å². The highest BCUT2D eigenvalue weighted by Crippen LogP contribution is 2.29. The van der Waals surface area contributed by atoms with Crippen molar-refractivity contribution < 1.29 is 0 Å². The third-order valence-corrected chi connectivity index (χ3v) is 4.91. The Hall–Kier alpha value is -1.02. The summed E-state index contributed by atoms with van der Waals surface area (Å²) in [6.07, 6.45) is 8.08. The number of nitrogens with one attached hydrogen (secondary N) is 1. The lowest BCUT2D eigenvalue weighted by Crippen LogP contribution is -2.51. The molecule has 1 aromatic carbocycles. The summed E-state index contributed by atoms with van der Waals surface area (Å²) < 4.78 is 0. The van der Waals surface area contributed by atoms with Gasteiger partial charge in [0, 0.05) is 30.9 Å². The molecule has 96 valence electrons. The Labute approximate surface area is 109 Å². The topological polar surface area (TPSA) is 15.3 Å². The highest BCUT2D eigenvalue weighted by Gasteiger charge is 2.32. The molecule has 2 saturated heterocycles. The molecule has 4 rings (SSSR count).